The molecule has 1 amide bonds. The molecule has 2 N–H and O–H groups in total. The summed E-state index contributed by atoms with van der Waals surface area (Å²) in [5.41, 5.74) is 1.52. The lowest BCUT2D eigenvalue weighted by atomic mass is 10.0. The number of hydrogen-bond donors (Lipinski definition) is 2. The third-order valence-corrected chi connectivity index (χ3v) is 3.88. The van der Waals surface area contributed by atoms with Gasteiger partial charge >= 0.3 is 5.97 Å². The molecule has 1 unspecified atom stereocenters. The van der Waals surface area contributed by atoms with E-state index in [-0.39, 0.29) is 6.42 Å². The number of nitrogens with one attached hydrogen (secondary N) is 1. The molecule has 0 aliphatic carbocycles. The maximum Gasteiger partial charge on any atom is 0.330 e. The van der Waals surface area contributed by atoms with E-state index in [2.05, 4.69) is 5.32 Å². The van der Waals surface area contributed by atoms with Crippen molar-refractivity contribution in [1.29, 1.82) is 0 Å². The Morgan fingerprint density at radius 1 is 1.24 bits per heavy atom. The second-order valence-corrected chi connectivity index (χ2v) is 5.66. The molecular formula is C19H20FNO4. The van der Waals surface area contributed by atoms with Crippen LogP contribution in [0.2, 0.25) is 0 Å². The fourth-order valence-electron chi connectivity index (χ4n) is 2.53. The van der Waals surface area contributed by atoms with Crippen molar-refractivity contribution in [3.05, 3.63) is 65.0 Å². The van der Waals surface area contributed by atoms with Crippen LogP contribution in [0.3, 0.4) is 0 Å². The summed E-state index contributed by atoms with van der Waals surface area (Å²) in [6, 6.07) is 10.1. The van der Waals surface area contributed by atoms with E-state index in [1.807, 2.05) is 18.2 Å². The summed E-state index contributed by atoms with van der Waals surface area (Å²) in [7, 11) is 1.55. The topological polar surface area (TPSA) is 75.6 Å². The zero-order valence-corrected chi connectivity index (χ0v) is 14.1. The van der Waals surface area contributed by atoms with Crippen LogP contribution in [-0.2, 0) is 16.0 Å². The molecule has 0 heterocycles. The number of aryl methyl sites for hydroxylation is 2. The van der Waals surface area contributed by atoms with Crippen LogP contribution in [0.4, 0.5) is 4.39 Å². The van der Waals surface area contributed by atoms with E-state index in [0.29, 0.717) is 23.3 Å². The van der Waals surface area contributed by atoms with Gasteiger partial charge in [0.15, 0.2) is 6.04 Å². The van der Waals surface area contributed by atoms with E-state index >= 15 is 0 Å². The van der Waals surface area contributed by atoms with Crippen molar-refractivity contribution in [3.8, 4) is 5.75 Å². The van der Waals surface area contributed by atoms with Gasteiger partial charge in [-0.25, -0.2) is 9.18 Å². The molecule has 0 saturated heterocycles. The van der Waals surface area contributed by atoms with Crippen LogP contribution in [-0.4, -0.2) is 24.1 Å². The van der Waals surface area contributed by atoms with E-state index in [1.165, 1.54) is 18.2 Å². The molecule has 0 aliphatic rings. The van der Waals surface area contributed by atoms with Crippen LogP contribution in [0.1, 0.15) is 29.2 Å². The quantitative estimate of drug-likeness (QED) is 0.809. The van der Waals surface area contributed by atoms with Crippen LogP contribution in [0.5, 0.6) is 5.75 Å². The first-order chi connectivity index (χ1) is 11.9. The molecule has 2 aromatic rings. The molecule has 0 fully saturated rings. The highest BCUT2D eigenvalue weighted by atomic mass is 19.1. The number of carboxylic acid groups (broad SMARTS) is 1. The van der Waals surface area contributed by atoms with E-state index in [9.17, 15) is 19.1 Å². The van der Waals surface area contributed by atoms with E-state index < -0.39 is 23.7 Å². The second kappa shape index (κ2) is 8.28. The molecule has 1 atom stereocenters. The van der Waals surface area contributed by atoms with Crippen molar-refractivity contribution in [2.24, 2.45) is 0 Å². The van der Waals surface area contributed by atoms with E-state index in [1.54, 1.807) is 20.1 Å². The molecule has 6 heteroatoms. The Balaban J connectivity index is 2.05. The first-order valence-electron chi connectivity index (χ1n) is 7.82. The van der Waals surface area contributed by atoms with E-state index in [4.69, 9.17) is 4.74 Å². The molecule has 0 radical (unpaired) electrons. The largest absolute Gasteiger partial charge is 0.496 e. The normalized spacial score (nSPS) is 11.6. The van der Waals surface area contributed by atoms with Crippen molar-refractivity contribution in [1.82, 2.24) is 5.32 Å². The third kappa shape index (κ3) is 4.79. The number of ether oxygens (including phenoxy) is 1. The summed E-state index contributed by atoms with van der Waals surface area (Å²) in [6.07, 6.45) is 0.537. The first-order valence-corrected chi connectivity index (χ1v) is 7.82. The van der Waals surface area contributed by atoms with Gasteiger partial charge in [-0.15, -0.1) is 0 Å². The number of carboxylic acids is 1. The molecule has 0 spiro atoms. The fourth-order valence-corrected chi connectivity index (χ4v) is 2.53. The summed E-state index contributed by atoms with van der Waals surface area (Å²) in [6.45, 7) is 1.54. The molecule has 5 nitrogen and oxygen atoms in total. The zero-order valence-electron chi connectivity index (χ0n) is 14.1. The molecule has 25 heavy (non-hydrogen) atoms. The highest BCUT2D eigenvalue weighted by molar-refractivity contribution is 5.84. The Morgan fingerprint density at radius 3 is 2.60 bits per heavy atom. The minimum atomic E-state index is -1.22. The van der Waals surface area contributed by atoms with Crippen LogP contribution in [0.25, 0.3) is 0 Å². The summed E-state index contributed by atoms with van der Waals surface area (Å²) in [5, 5.41) is 11.9. The zero-order chi connectivity index (χ0) is 18.4. The third-order valence-electron chi connectivity index (χ3n) is 3.88. The lowest BCUT2D eigenvalue weighted by Gasteiger charge is -2.16. The lowest BCUT2D eigenvalue weighted by molar-refractivity contribution is -0.142. The van der Waals surface area contributed by atoms with Gasteiger partial charge < -0.3 is 15.2 Å². The number of aliphatic carboxylic acids is 1. The number of para-hydroxylation sites is 1. The number of benzene rings is 2. The van der Waals surface area contributed by atoms with E-state index in [0.717, 1.165) is 5.56 Å². The standard InChI is InChI=1S/C19H20FNO4/c1-12-11-14(7-9-15(12)20)18(19(23)24)21-17(22)10-8-13-5-3-4-6-16(13)25-2/h3-7,9,11,18H,8,10H2,1-2H3,(H,21,22)(H,23,24). The van der Waals surface area contributed by atoms with Crippen LogP contribution in [0.15, 0.2) is 42.5 Å². The van der Waals surface area contributed by atoms with Gasteiger partial charge in [0.1, 0.15) is 11.6 Å². The minimum Gasteiger partial charge on any atom is -0.496 e. The predicted molar refractivity (Wildman–Crippen MR) is 91.0 cm³/mol. The summed E-state index contributed by atoms with van der Waals surface area (Å²) < 4.78 is 18.6. The van der Waals surface area contributed by atoms with Crippen molar-refractivity contribution in [2.75, 3.05) is 7.11 Å². The molecule has 0 bridgehead atoms. The average molecular weight is 345 g/mol. The average Bonchev–Trinajstić information content (AvgIpc) is 2.60. The number of methoxy groups -OCH3 is 1. The maximum atomic E-state index is 13.4. The van der Waals surface area contributed by atoms with Crippen LogP contribution < -0.4 is 10.1 Å². The lowest BCUT2D eigenvalue weighted by Crippen LogP contribution is -2.34. The number of halogens is 1. The van der Waals surface area contributed by atoms with Crippen molar-refractivity contribution < 1.29 is 23.8 Å². The molecular weight excluding hydrogens is 325 g/mol. The minimum absolute atomic E-state index is 0.115. The molecule has 0 aliphatic heterocycles. The Hall–Kier alpha value is -2.89. The monoisotopic (exact) mass is 345 g/mol. The molecule has 2 rings (SSSR count). The van der Waals surface area contributed by atoms with Crippen molar-refractivity contribution in [2.45, 2.75) is 25.8 Å². The summed E-state index contributed by atoms with van der Waals surface area (Å²) in [5.74, 6) is -1.34. The van der Waals surface area contributed by atoms with Crippen molar-refractivity contribution in [3.63, 3.8) is 0 Å². The number of rotatable bonds is 7. The fraction of sp³-hybridized carbons (Fsp3) is 0.263. The predicted octanol–water partition coefficient (Wildman–Crippen LogP) is 3.02. The van der Waals surface area contributed by atoms with Gasteiger partial charge in [-0.3, -0.25) is 4.79 Å². The number of hydrogen-bond acceptors (Lipinski definition) is 3. The highest BCUT2D eigenvalue weighted by Gasteiger charge is 2.22. The second-order valence-electron chi connectivity index (χ2n) is 5.66. The Labute approximate surface area is 145 Å². The van der Waals surface area contributed by atoms with Crippen LogP contribution >= 0.6 is 0 Å². The summed E-state index contributed by atoms with van der Waals surface area (Å²) >= 11 is 0. The first kappa shape index (κ1) is 18.4. The van der Waals surface area contributed by atoms with Gasteiger partial charge in [0, 0.05) is 6.42 Å². The Bertz CT molecular complexity index is 776. The van der Waals surface area contributed by atoms with Gasteiger partial charge in [0.2, 0.25) is 5.91 Å². The molecule has 0 saturated carbocycles. The van der Waals surface area contributed by atoms with Gasteiger partial charge in [-0.1, -0.05) is 30.3 Å². The van der Waals surface area contributed by atoms with Gasteiger partial charge in [0.25, 0.3) is 0 Å². The Morgan fingerprint density at radius 2 is 1.96 bits per heavy atom. The SMILES string of the molecule is COc1ccccc1CCC(=O)NC(C(=O)O)c1ccc(F)c(C)c1. The summed E-state index contributed by atoms with van der Waals surface area (Å²) in [4.78, 5) is 23.6. The van der Waals surface area contributed by atoms with Crippen molar-refractivity contribution >= 4 is 11.9 Å². The number of carbonyl (C=O) groups is 2. The van der Waals surface area contributed by atoms with Crippen LogP contribution in [0, 0.1) is 12.7 Å². The number of amides is 1. The Kier molecular flexibility index (Phi) is 6.11. The van der Waals surface area contributed by atoms with Gasteiger partial charge in [-0.05, 0) is 42.2 Å². The van der Waals surface area contributed by atoms with Gasteiger partial charge in [-0.2, -0.15) is 0 Å². The molecule has 132 valence electrons. The molecule has 2 aromatic carbocycles. The maximum absolute atomic E-state index is 13.4. The number of carbonyl (C=O) groups excluding carboxylic acids is 1. The van der Waals surface area contributed by atoms with Gasteiger partial charge in [0.05, 0.1) is 7.11 Å². The molecule has 0 aromatic heterocycles. The highest BCUT2D eigenvalue weighted by Crippen LogP contribution is 2.20. The smallest absolute Gasteiger partial charge is 0.330 e.